The van der Waals surface area contributed by atoms with Crippen molar-refractivity contribution in [1.82, 2.24) is 4.98 Å². The van der Waals surface area contributed by atoms with Crippen LogP contribution in [0.1, 0.15) is 0 Å². The molecule has 0 aliphatic carbocycles. The number of rotatable bonds is 6. The molecule has 0 unspecified atom stereocenters. The molecule has 3 aromatic rings. The van der Waals surface area contributed by atoms with Gasteiger partial charge in [0.15, 0.2) is 33.5 Å². The van der Waals surface area contributed by atoms with Crippen LogP contribution in [0.5, 0.6) is 17.2 Å². The molecule has 142 valence electrons. The number of methoxy groups -OCH3 is 3. The molecule has 0 N–H and O–H groups in total. The molecular formula is C19H19NO6S. The summed E-state index contributed by atoms with van der Waals surface area (Å²) in [6.07, 6.45) is 2.50. The van der Waals surface area contributed by atoms with Crippen LogP contribution in [0, 0.1) is 0 Å². The molecule has 0 radical (unpaired) electrons. The molecular weight excluding hydrogens is 370 g/mol. The van der Waals surface area contributed by atoms with E-state index in [0.29, 0.717) is 39.8 Å². The molecule has 0 amide bonds. The second kappa shape index (κ2) is 7.32. The topological polar surface area (TPSA) is 87.9 Å². The highest BCUT2D eigenvalue weighted by atomic mass is 32.2. The SMILES string of the molecule is COc1cc(-c2ncoc2-c2ccc(S(C)(=O)=O)cc2)cc(OC)c1OC. The highest BCUT2D eigenvalue weighted by Gasteiger charge is 2.19. The largest absolute Gasteiger partial charge is 0.493 e. The van der Waals surface area contributed by atoms with Gasteiger partial charge in [0.05, 0.1) is 26.2 Å². The van der Waals surface area contributed by atoms with Crippen LogP contribution in [-0.2, 0) is 9.84 Å². The van der Waals surface area contributed by atoms with Gasteiger partial charge < -0.3 is 18.6 Å². The van der Waals surface area contributed by atoms with Gasteiger partial charge in [0.2, 0.25) is 5.75 Å². The highest BCUT2D eigenvalue weighted by Crippen LogP contribution is 2.42. The van der Waals surface area contributed by atoms with Crippen LogP contribution in [0.2, 0.25) is 0 Å². The van der Waals surface area contributed by atoms with Crippen LogP contribution in [-0.4, -0.2) is 41.0 Å². The van der Waals surface area contributed by atoms with E-state index < -0.39 is 9.84 Å². The maximum absolute atomic E-state index is 11.6. The Hall–Kier alpha value is -3.00. The van der Waals surface area contributed by atoms with Crippen molar-refractivity contribution >= 4 is 9.84 Å². The Morgan fingerprint density at radius 1 is 0.889 bits per heavy atom. The van der Waals surface area contributed by atoms with E-state index in [1.165, 1.54) is 39.9 Å². The minimum Gasteiger partial charge on any atom is -0.493 e. The summed E-state index contributed by atoms with van der Waals surface area (Å²) >= 11 is 0. The van der Waals surface area contributed by atoms with Crippen molar-refractivity contribution in [3.8, 4) is 39.8 Å². The third kappa shape index (κ3) is 3.61. The normalized spacial score (nSPS) is 11.3. The van der Waals surface area contributed by atoms with E-state index in [4.69, 9.17) is 18.6 Å². The first-order valence-electron chi connectivity index (χ1n) is 7.93. The first-order chi connectivity index (χ1) is 12.9. The molecule has 0 bridgehead atoms. The summed E-state index contributed by atoms with van der Waals surface area (Å²) in [5.41, 5.74) is 1.98. The molecule has 0 saturated carbocycles. The maximum Gasteiger partial charge on any atom is 0.203 e. The standard InChI is InChI=1S/C19H19NO6S/c1-23-15-9-13(10-16(24-2)19(15)25-3)17-18(26-11-20-17)12-5-7-14(8-6-12)27(4,21)22/h5-11H,1-4H3. The van der Waals surface area contributed by atoms with Gasteiger partial charge in [-0.15, -0.1) is 0 Å². The Labute approximate surface area is 157 Å². The number of hydrogen-bond donors (Lipinski definition) is 0. The zero-order chi connectivity index (χ0) is 19.6. The van der Waals surface area contributed by atoms with Crippen molar-refractivity contribution in [2.45, 2.75) is 4.90 Å². The third-order valence-corrected chi connectivity index (χ3v) is 5.18. The van der Waals surface area contributed by atoms with Gasteiger partial charge in [-0.05, 0) is 36.4 Å². The van der Waals surface area contributed by atoms with Crippen molar-refractivity contribution in [3.05, 3.63) is 42.8 Å². The van der Waals surface area contributed by atoms with Crippen molar-refractivity contribution < 1.29 is 27.0 Å². The zero-order valence-electron chi connectivity index (χ0n) is 15.3. The predicted octanol–water partition coefficient (Wildman–Crippen LogP) is 3.44. The molecule has 0 atom stereocenters. The van der Waals surface area contributed by atoms with Gasteiger partial charge in [-0.3, -0.25) is 0 Å². The van der Waals surface area contributed by atoms with Gasteiger partial charge in [-0.1, -0.05) is 0 Å². The number of aromatic nitrogens is 1. The second-order valence-corrected chi connectivity index (χ2v) is 7.76. The second-order valence-electron chi connectivity index (χ2n) is 5.74. The molecule has 0 aliphatic heterocycles. The summed E-state index contributed by atoms with van der Waals surface area (Å²) in [6, 6.07) is 9.97. The lowest BCUT2D eigenvalue weighted by molar-refractivity contribution is 0.324. The number of oxazole rings is 1. The van der Waals surface area contributed by atoms with Crippen molar-refractivity contribution in [2.24, 2.45) is 0 Å². The third-order valence-electron chi connectivity index (χ3n) is 4.05. The molecule has 2 aromatic carbocycles. The van der Waals surface area contributed by atoms with Gasteiger partial charge in [-0.2, -0.15) is 0 Å². The van der Waals surface area contributed by atoms with Crippen LogP contribution in [0.25, 0.3) is 22.6 Å². The van der Waals surface area contributed by atoms with Crippen LogP contribution >= 0.6 is 0 Å². The summed E-state index contributed by atoms with van der Waals surface area (Å²) in [6.45, 7) is 0. The summed E-state index contributed by atoms with van der Waals surface area (Å²) < 4.78 is 45.0. The molecule has 0 saturated heterocycles. The fourth-order valence-corrected chi connectivity index (χ4v) is 3.36. The molecule has 7 nitrogen and oxygen atoms in total. The predicted molar refractivity (Wildman–Crippen MR) is 100 cm³/mol. The van der Waals surface area contributed by atoms with E-state index >= 15 is 0 Å². The van der Waals surface area contributed by atoms with Crippen LogP contribution in [0.15, 0.2) is 52.1 Å². The zero-order valence-corrected chi connectivity index (χ0v) is 16.2. The van der Waals surface area contributed by atoms with Gasteiger partial charge in [0.25, 0.3) is 0 Å². The number of benzene rings is 2. The lowest BCUT2D eigenvalue weighted by atomic mass is 10.0. The Morgan fingerprint density at radius 3 is 1.96 bits per heavy atom. The molecule has 0 fully saturated rings. The molecule has 0 aliphatic rings. The molecule has 1 aromatic heterocycles. The van der Waals surface area contributed by atoms with Crippen LogP contribution in [0.3, 0.4) is 0 Å². The van der Waals surface area contributed by atoms with E-state index in [-0.39, 0.29) is 4.90 Å². The van der Waals surface area contributed by atoms with Crippen molar-refractivity contribution in [2.75, 3.05) is 27.6 Å². The quantitative estimate of drug-likeness (QED) is 0.638. The summed E-state index contributed by atoms with van der Waals surface area (Å²) in [7, 11) is 1.34. The maximum atomic E-state index is 11.6. The van der Waals surface area contributed by atoms with Gasteiger partial charge in [0, 0.05) is 17.4 Å². The van der Waals surface area contributed by atoms with Crippen LogP contribution in [0.4, 0.5) is 0 Å². The van der Waals surface area contributed by atoms with E-state index in [1.54, 1.807) is 24.3 Å². The van der Waals surface area contributed by atoms with E-state index in [2.05, 4.69) is 4.98 Å². The minimum atomic E-state index is -3.27. The lowest BCUT2D eigenvalue weighted by Gasteiger charge is -2.13. The number of hydrogen-bond acceptors (Lipinski definition) is 7. The summed E-state index contributed by atoms with van der Waals surface area (Å²) in [5, 5.41) is 0. The van der Waals surface area contributed by atoms with Gasteiger partial charge >= 0.3 is 0 Å². The Kier molecular flexibility index (Phi) is 5.09. The average Bonchev–Trinajstić information content (AvgIpc) is 3.16. The van der Waals surface area contributed by atoms with Crippen molar-refractivity contribution in [3.63, 3.8) is 0 Å². The fourth-order valence-electron chi connectivity index (χ4n) is 2.73. The number of ether oxygens (including phenoxy) is 3. The average molecular weight is 389 g/mol. The van der Waals surface area contributed by atoms with E-state index in [9.17, 15) is 8.42 Å². The summed E-state index contributed by atoms with van der Waals surface area (Å²) in [5.74, 6) is 1.97. The van der Waals surface area contributed by atoms with E-state index in [0.717, 1.165) is 6.26 Å². The first kappa shape index (κ1) is 18.8. The number of sulfone groups is 1. The van der Waals surface area contributed by atoms with Crippen LogP contribution < -0.4 is 14.2 Å². The Bertz CT molecular complexity index is 1030. The number of nitrogens with zero attached hydrogens (tertiary/aromatic N) is 1. The Morgan fingerprint density at radius 2 is 1.48 bits per heavy atom. The smallest absolute Gasteiger partial charge is 0.203 e. The van der Waals surface area contributed by atoms with E-state index in [1.807, 2.05) is 0 Å². The molecule has 3 rings (SSSR count). The molecule has 27 heavy (non-hydrogen) atoms. The molecule has 1 heterocycles. The van der Waals surface area contributed by atoms with Gasteiger partial charge in [-0.25, -0.2) is 13.4 Å². The molecule has 0 spiro atoms. The lowest BCUT2D eigenvalue weighted by Crippen LogP contribution is -1.97. The van der Waals surface area contributed by atoms with Gasteiger partial charge in [0.1, 0.15) is 5.69 Å². The van der Waals surface area contributed by atoms with Crippen molar-refractivity contribution in [1.29, 1.82) is 0 Å². The Balaban J connectivity index is 2.10. The minimum absolute atomic E-state index is 0.236. The fraction of sp³-hybridized carbons (Fsp3) is 0.211. The first-order valence-corrected chi connectivity index (χ1v) is 9.82. The highest BCUT2D eigenvalue weighted by molar-refractivity contribution is 7.90. The monoisotopic (exact) mass is 389 g/mol. The summed E-state index contributed by atoms with van der Waals surface area (Å²) in [4.78, 5) is 4.54. The molecule has 8 heteroatoms.